The number of para-hydroxylation sites is 1. The molecule has 1 aliphatic rings. The molecule has 8 nitrogen and oxygen atoms in total. The van der Waals surface area contributed by atoms with E-state index in [0.29, 0.717) is 35.5 Å². The van der Waals surface area contributed by atoms with Crippen LogP contribution >= 0.6 is 0 Å². The largest absolute Gasteiger partial charge is 0.490 e. The molecule has 0 spiro atoms. The Hall–Kier alpha value is -3.80. The number of alkyl halides is 3. The summed E-state index contributed by atoms with van der Waals surface area (Å²) in [4.78, 5) is 24.1. The van der Waals surface area contributed by atoms with E-state index in [9.17, 15) is 31.2 Å². The molecule has 1 fully saturated rings. The smallest absolute Gasteiger partial charge is 0.471 e. The van der Waals surface area contributed by atoms with Crippen LogP contribution in [-0.4, -0.2) is 43.0 Å². The number of hydrogen-bond acceptors (Lipinski definition) is 6. The van der Waals surface area contributed by atoms with E-state index in [4.69, 9.17) is 9.47 Å². The van der Waals surface area contributed by atoms with Crippen LogP contribution in [0.15, 0.2) is 58.4 Å². The summed E-state index contributed by atoms with van der Waals surface area (Å²) in [7, 11) is -2.04. The second-order valence-corrected chi connectivity index (χ2v) is 12.7. The van der Waals surface area contributed by atoms with Crippen molar-refractivity contribution in [3.8, 4) is 28.4 Å². The number of sulfone groups is 1. The van der Waals surface area contributed by atoms with Gasteiger partial charge in [0.05, 0.1) is 16.8 Å². The molecule has 4 rings (SSSR count). The predicted molar refractivity (Wildman–Crippen MR) is 152 cm³/mol. The maximum atomic E-state index is 12.8. The first-order valence-corrected chi connectivity index (χ1v) is 15.2. The summed E-state index contributed by atoms with van der Waals surface area (Å²) in [5.74, 6) is -0.938. The minimum Gasteiger partial charge on any atom is -0.490 e. The number of nitrogens with zero attached hydrogens (tertiary/aromatic N) is 1. The molecule has 12 heteroatoms. The Balaban J connectivity index is 1.72. The zero-order valence-electron chi connectivity index (χ0n) is 23.7. The van der Waals surface area contributed by atoms with Crippen molar-refractivity contribution in [2.45, 2.75) is 69.7 Å². The van der Waals surface area contributed by atoms with Gasteiger partial charge in [0.15, 0.2) is 9.84 Å². The summed E-state index contributed by atoms with van der Waals surface area (Å²) in [6, 6.07) is 10.9. The number of hydrogen-bond donors (Lipinski definition) is 1. The van der Waals surface area contributed by atoms with Crippen molar-refractivity contribution < 1.29 is 35.9 Å². The standard InChI is InChI=1S/C30H33F3N2O6S/c1-5-42(38,39)22-13-14-25(41-28-18(2)7-6-8-19(28)3)23(15-22)24-17-35(4)27(36)16-26(24)40-21-11-9-20(10-12-21)34-29(37)30(31,32)33/h6-8,13-17,20-21H,5,9-12H2,1-4H3,(H,34,37)/t20-,21-. The molecule has 0 radical (unpaired) electrons. The van der Waals surface area contributed by atoms with E-state index in [1.54, 1.807) is 26.2 Å². The molecular weight excluding hydrogens is 573 g/mol. The molecule has 1 saturated carbocycles. The molecule has 0 bridgehead atoms. The molecule has 3 aromatic rings. The third-order valence-corrected chi connectivity index (χ3v) is 9.08. The highest BCUT2D eigenvalue weighted by molar-refractivity contribution is 7.91. The van der Waals surface area contributed by atoms with Gasteiger partial charge in [-0.1, -0.05) is 25.1 Å². The Kier molecular flexibility index (Phi) is 9.05. The van der Waals surface area contributed by atoms with Gasteiger partial charge < -0.3 is 19.4 Å². The van der Waals surface area contributed by atoms with Crippen molar-refractivity contribution in [2.75, 3.05) is 5.75 Å². The Bertz CT molecular complexity index is 1620. The fourth-order valence-electron chi connectivity index (χ4n) is 4.92. The molecule has 0 saturated heterocycles. The average molecular weight is 607 g/mol. The lowest BCUT2D eigenvalue weighted by Crippen LogP contribution is -2.45. The SMILES string of the molecule is CCS(=O)(=O)c1ccc(Oc2c(C)cccc2C)c(-c2cn(C)c(=O)cc2O[C@H]2CC[C@H](NC(=O)C(F)(F)F)CC2)c1. The van der Waals surface area contributed by atoms with Crippen molar-refractivity contribution in [1.29, 1.82) is 0 Å². The molecule has 2 aromatic carbocycles. The van der Waals surface area contributed by atoms with Crippen LogP contribution in [0.5, 0.6) is 17.2 Å². The first-order valence-electron chi connectivity index (χ1n) is 13.6. The molecule has 226 valence electrons. The number of amides is 1. The molecule has 0 unspecified atom stereocenters. The fraction of sp³-hybridized carbons (Fsp3) is 0.400. The van der Waals surface area contributed by atoms with Gasteiger partial charge >= 0.3 is 12.1 Å². The number of aromatic nitrogens is 1. The monoisotopic (exact) mass is 606 g/mol. The van der Waals surface area contributed by atoms with Gasteiger partial charge in [-0.25, -0.2) is 8.42 Å². The van der Waals surface area contributed by atoms with Crippen molar-refractivity contribution in [3.63, 3.8) is 0 Å². The third kappa shape index (κ3) is 6.97. The first-order chi connectivity index (χ1) is 19.7. The zero-order valence-corrected chi connectivity index (χ0v) is 24.6. The Morgan fingerprint density at radius 3 is 2.24 bits per heavy atom. The molecule has 1 amide bonds. The minimum absolute atomic E-state index is 0.0783. The highest BCUT2D eigenvalue weighted by atomic mass is 32.2. The number of aryl methyl sites for hydroxylation is 3. The number of rotatable bonds is 8. The summed E-state index contributed by atoms with van der Waals surface area (Å²) in [5, 5.41) is 2.02. The van der Waals surface area contributed by atoms with E-state index in [0.717, 1.165) is 11.1 Å². The van der Waals surface area contributed by atoms with Crippen molar-refractivity contribution in [3.05, 3.63) is 70.1 Å². The summed E-state index contributed by atoms with van der Waals surface area (Å²) in [5.41, 5.74) is 2.19. The Morgan fingerprint density at radius 2 is 1.64 bits per heavy atom. The van der Waals surface area contributed by atoms with E-state index < -0.39 is 34.1 Å². The van der Waals surface area contributed by atoms with E-state index in [1.807, 2.05) is 37.4 Å². The molecule has 1 N–H and O–H groups in total. The second-order valence-electron chi connectivity index (χ2n) is 10.4. The van der Waals surface area contributed by atoms with Gasteiger partial charge in [-0.05, 0) is 68.9 Å². The average Bonchev–Trinajstić information content (AvgIpc) is 2.93. The highest BCUT2D eigenvalue weighted by Crippen LogP contribution is 2.41. The van der Waals surface area contributed by atoms with Gasteiger partial charge in [0.2, 0.25) is 0 Å². The van der Waals surface area contributed by atoms with E-state index in [1.165, 1.54) is 22.8 Å². The lowest BCUT2D eigenvalue weighted by Gasteiger charge is -2.30. The number of benzene rings is 2. The minimum atomic E-state index is -4.96. The number of carbonyl (C=O) groups is 1. The molecule has 1 aliphatic carbocycles. The van der Waals surface area contributed by atoms with Crippen LogP contribution in [0.2, 0.25) is 0 Å². The van der Waals surface area contributed by atoms with Gasteiger partial charge in [-0.3, -0.25) is 9.59 Å². The van der Waals surface area contributed by atoms with Crippen LogP contribution in [0.4, 0.5) is 13.2 Å². The zero-order chi connectivity index (χ0) is 30.8. The molecule has 0 atom stereocenters. The van der Waals surface area contributed by atoms with Crippen LogP contribution in [0.1, 0.15) is 43.7 Å². The summed E-state index contributed by atoms with van der Waals surface area (Å²) in [6.07, 6.45) is -2.65. The van der Waals surface area contributed by atoms with Crippen LogP contribution in [0.25, 0.3) is 11.1 Å². The van der Waals surface area contributed by atoms with Gasteiger partial charge in [-0.15, -0.1) is 0 Å². The number of nitrogens with one attached hydrogen (secondary N) is 1. The highest BCUT2D eigenvalue weighted by Gasteiger charge is 2.40. The Morgan fingerprint density at radius 1 is 1.00 bits per heavy atom. The van der Waals surface area contributed by atoms with Crippen LogP contribution in [0, 0.1) is 13.8 Å². The molecule has 42 heavy (non-hydrogen) atoms. The van der Waals surface area contributed by atoms with Crippen molar-refractivity contribution in [1.82, 2.24) is 9.88 Å². The van der Waals surface area contributed by atoms with Crippen molar-refractivity contribution >= 4 is 15.7 Å². The maximum Gasteiger partial charge on any atom is 0.471 e. The fourth-order valence-corrected chi connectivity index (χ4v) is 5.83. The summed E-state index contributed by atoms with van der Waals surface area (Å²) < 4.78 is 77.6. The lowest BCUT2D eigenvalue weighted by atomic mass is 9.92. The molecule has 1 aromatic heterocycles. The topological polar surface area (TPSA) is 104 Å². The van der Waals surface area contributed by atoms with Gasteiger partial charge in [-0.2, -0.15) is 13.2 Å². The first kappa shape index (κ1) is 31.1. The lowest BCUT2D eigenvalue weighted by molar-refractivity contribution is -0.174. The maximum absolute atomic E-state index is 12.8. The van der Waals surface area contributed by atoms with E-state index in [-0.39, 0.29) is 34.8 Å². The second kappa shape index (κ2) is 12.2. The Labute approximate surface area is 242 Å². The van der Waals surface area contributed by atoms with Crippen molar-refractivity contribution in [2.24, 2.45) is 7.05 Å². The summed E-state index contributed by atoms with van der Waals surface area (Å²) >= 11 is 0. The number of ether oxygens (including phenoxy) is 2. The molecule has 0 aliphatic heterocycles. The normalized spacial score (nSPS) is 17.5. The van der Waals surface area contributed by atoms with Crippen LogP contribution in [0.3, 0.4) is 0 Å². The van der Waals surface area contributed by atoms with Crippen LogP contribution < -0.4 is 20.3 Å². The molecular formula is C30H33F3N2O6S. The van der Waals surface area contributed by atoms with Crippen LogP contribution in [-0.2, 0) is 21.7 Å². The predicted octanol–water partition coefficient (Wildman–Crippen LogP) is 5.62. The number of halogens is 3. The van der Waals surface area contributed by atoms with Gasteiger partial charge in [0, 0.05) is 36.5 Å². The number of carbonyl (C=O) groups excluding carboxylic acids is 1. The number of pyridine rings is 1. The van der Waals surface area contributed by atoms with E-state index >= 15 is 0 Å². The van der Waals surface area contributed by atoms with E-state index in [2.05, 4.69) is 0 Å². The quantitative estimate of drug-likeness (QED) is 0.357. The summed E-state index contributed by atoms with van der Waals surface area (Å²) in [6.45, 7) is 5.34. The molecule has 1 heterocycles. The van der Waals surface area contributed by atoms with Gasteiger partial charge in [0.25, 0.3) is 5.56 Å². The third-order valence-electron chi connectivity index (χ3n) is 7.35. The van der Waals surface area contributed by atoms with Gasteiger partial charge in [0.1, 0.15) is 17.2 Å².